The minimum atomic E-state index is 0.294. The first-order valence-corrected chi connectivity index (χ1v) is 5.89. The van der Waals surface area contributed by atoms with Crippen LogP contribution in [-0.4, -0.2) is 57.6 Å². The zero-order valence-corrected chi connectivity index (χ0v) is 11.6. The second-order valence-corrected chi connectivity index (χ2v) is 3.85. The van der Waals surface area contributed by atoms with Gasteiger partial charge in [-0.2, -0.15) is 0 Å². The predicted octanol–water partition coefficient (Wildman–Crippen LogP) is 1.24. The Morgan fingerprint density at radius 1 is 1.11 bits per heavy atom. The molecular weight excluding hydrogens is 258 g/mol. The van der Waals surface area contributed by atoms with Crippen molar-refractivity contribution in [2.45, 2.75) is 0 Å². The Labute approximate surface area is 112 Å². The molecule has 0 aromatic carbocycles. The molecule has 0 aliphatic heterocycles. The molecule has 0 amide bonds. The van der Waals surface area contributed by atoms with Gasteiger partial charge in [0.2, 0.25) is 0 Å². The predicted molar refractivity (Wildman–Crippen MR) is 69.6 cm³/mol. The number of rotatable bonds is 8. The topological polar surface area (TPSA) is 56.7 Å². The quantitative estimate of drug-likeness (QED) is 0.666. The summed E-state index contributed by atoms with van der Waals surface area (Å²) in [4.78, 5) is 10.1. The number of nitrogens with zero attached hydrogens (tertiary/aromatic N) is 3. The van der Waals surface area contributed by atoms with E-state index >= 15 is 0 Å². The summed E-state index contributed by atoms with van der Waals surface area (Å²) in [6.45, 7) is 2.50. The fraction of sp³-hybridized carbons (Fsp3) is 0.636. The molecule has 1 aromatic heterocycles. The van der Waals surface area contributed by atoms with Crippen LogP contribution in [-0.2, 0) is 9.47 Å². The summed E-state index contributed by atoms with van der Waals surface area (Å²) >= 11 is 5.98. The number of hydrogen-bond acceptors (Lipinski definition) is 6. The van der Waals surface area contributed by atoms with Gasteiger partial charge in [0.15, 0.2) is 16.7 Å². The summed E-state index contributed by atoms with van der Waals surface area (Å²) < 4.78 is 15.4. The Balaban J connectivity index is 2.91. The maximum atomic E-state index is 5.98. The van der Waals surface area contributed by atoms with Gasteiger partial charge in [0, 0.05) is 27.3 Å². The maximum Gasteiger partial charge on any atom is 0.199 e. The van der Waals surface area contributed by atoms with Crippen molar-refractivity contribution in [3.63, 3.8) is 0 Å². The zero-order valence-electron chi connectivity index (χ0n) is 10.9. The van der Waals surface area contributed by atoms with Crippen molar-refractivity contribution in [3.8, 4) is 5.75 Å². The molecule has 0 unspecified atom stereocenters. The lowest BCUT2D eigenvalue weighted by Gasteiger charge is -2.24. The van der Waals surface area contributed by atoms with Gasteiger partial charge in [-0.15, -0.1) is 0 Å². The summed E-state index contributed by atoms with van der Waals surface area (Å²) in [5, 5.41) is 0.294. The molecule has 0 aliphatic rings. The number of hydrogen-bond donors (Lipinski definition) is 0. The van der Waals surface area contributed by atoms with E-state index in [1.165, 1.54) is 6.33 Å². The summed E-state index contributed by atoms with van der Waals surface area (Å²) in [6, 6.07) is 0. The van der Waals surface area contributed by atoms with Crippen LogP contribution in [0.4, 0.5) is 5.82 Å². The number of halogens is 1. The van der Waals surface area contributed by atoms with Crippen LogP contribution in [0.2, 0.25) is 5.15 Å². The third-order valence-corrected chi connectivity index (χ3v) is 2.65. The van der Waals surface area contributed by atoms with Crippen molar-refractivity contribution in [1.82, 2.24) is 9.97 Å². The van der Waals surface area contributed by atoms with Gasteiger partial charge in [-0.1, -0.05) is 11.6 Å². The third-order valence-electron chi connectivity index (χ3n) is 2.38. The van der Waals surface area contributed by atoms with E-state index in [9.17, 15) is 0 Å². The standard InChI is InChI=1S/C11H18ClN3O3/c1-16-6-4-15(5-7-17-2)11-9(18-3)10(12)13-8-14-11/h8H,4-7H2,1-3H3. The van der Waals surface area contributed by atoms with Crippen molar-refractivity contribution < 1.29 is 14.2 Å². The van der Waals surface area contributed by atoms with Crippen LogP contribution in [0.5, 0.6) is 5.75 Å². The molecule has 0 N–H and O–H groups in total. The van der Waals surface area contributed by atoms with Crippen molar-refractivity contribution in [3.05, 3.63) is 11.5 Å². The Kier molecular flexibility index (Phi) is 6.70. The molecule has 0 radical (unpaired) electrons. The molecule has 1 heterocycles. The largest absolute Gasteiger partial charge is 0.490 e. The maximum absolute atomic E-state index is 5.98. The van der Waals surface area contributed by atoms with Crippen LogP contribution in [0.1, 0.15) is 0 Å². The fourth-order valence-corrected chi connectivity index (χ4v) is 1.68. The first kappa shape index (κ1) is 14.9. The highest BCUT2D eigenvalue weighted by Gasteiger charge is 2.16. The average Bonchev–Trinajstić information content (AvgIpc) is 2.39. The molecule has 18 heavy (non-hydrogen) atoms. The van der Waals surface area contributed by atoms with E-state index < -0.39 is 0 Å². The lowest BCUT2D eigenvalue weighted by atomic mass is 10.4. The van der Waals surface area contributed by atoms with Crippen LogP contribution < -0.4 is 9.64 Å². The summed E-state index contributed by atoms with van der Waals surface area (Å²) in [5.74, 6) is 1.11. The monoisotopic (exact) mass is 275 g/mol. The molecule has 0 atom stereocenters. The first-order chi connectivity index (χ1) is 8.74. The van der Waals surface area contributed by atoms with Gasteiger partial charge >= 0.3 is 0 Å². The van der Waals surface area contributed by atoms with Crippen molar-refractivity contribution in [2.75, 3.05) is 52.5 Å². The first-order valence-electron chi connectivity index (χ1n) is 5.51. The SMILES string of the molecule is COCCN(CCOC)c1ncnc(Cl)c1OC. The summed E-state index contributed by atoms with van der Waals surface area (Å²) in [6.07, 6.45) is 1.41. The zero-order chi connectivity index (χ0) is 13.4. The van der Waals surface area contributed by atoms with E-state index in [1.54, 1.807) is 21.3 Å². The van der Waals surface area contributed by atoms with Gasteiger partial charge in [0.25, 0.3) is 0 Å². The Morgan fingerprint density at radius 2 is 1.72 bits per heavy atom. The van der Waals surface area contributed by atoms with Crippen molar-refractivity contribution >= 4 is 17.4 Å². The highest BCUT2D eigenvalue weighted by molar-refractivity contribution is 6.31. The molecule has 7 heteroatoms. The summed E-state index contributed by atoms with van der Waals surface area (Å²) in [5.41, 5.74) is 0. The molecule has 0 bridgehead atoms. The van der Waals surface area contributed by atoms with Gasteiger partial charge in [-0.25, -0.2) is 9.97 Å². The molecule has 1 aromatic rings. The minimum absolute atomic E-state index is 0.294. The van der Waals surface area contributed by atoms with E-state index in [-0.39, 0.29) is 0 Å². The van der Waals surface area contributed by atoms with Crippen LogP contribution in [0.15, 0.2) is 6.33 Å². The van der Waals surface area contributed by atoms with E-state index in [1.807, 2.05) is 4.90 Å². The van der Waals surface area contributed by atoms with Crippen LogP contribution in [0, 0.1) is 0 Å². The minimum Gasteiger partial charge on any atom is -0.490 e. The highest BCUT2D eigenvalue weighted by Crippen LogP contribution is 2.31. The molecule has 102 valence electrons. The van der Waals surface area contributed by atoms with Gasteiger partial charge in [0.05, 0.1) is 20.3 Å². The Hall–Kier alpha value is -1.11. The molecule has 0 spiro atoms. The second kappa shape index (κ2) is 8.07. The van der Waals surface area contributed by atoms with Crippen LogP contribution in [0.25, 0.3) is 0 Å². The smallest absolute Gasteiger partial charge is 0.199 e. The highest BCUT2D eigenvalue weighted by atomic mass is 35.5. The number of ether oxygens (including phenoxy) is 3. The molecule has 0 saturated carbocycles. The van der Waals surface area contributed by atoms with Crippen LogP contribution in [0.3, 0.4) is 0 Å². The molecule has 0 aliphatic carbocycles. The van der Waals surface area contributed by atoms with E-state index in [4.69, 9.17) is 25.8 Å². The third kappa shape index (κ3) is 3.97. The normalized spacial score (nSPS) is 10.4. The number of methoxy groups -OCH3 is 3. The van der Waals surface area contributed by atoms with E-state index in [0.29, 0.717) is 43.0 Å². The molecule has 0 fully saturated rings. The molecule has 6 nitrogen and oxygen atoms in total. The van der Waals surface area contributed by atoms with E-state index in [0.717, 1.165) is 0 Å². The van der Waals surface area contributed by atoms with Gasteiger partial charge in [-0.3, -0.25) is 0 Å². The van der Waals surface area contributed by atoms with Gasteiger partial charge in [-0.05, 0) is 0 Å². The van der Waals surface area contributed by atoms with E-state index in [2.05, 4.69) is 9.97 Å². The number of aromatic nitrogens is 2. The fourth-order valence-electron chi connectivity index (χ4n) is 1.47. The second-order valence-electron chi connectivity index (χ2n) is 3.49. The van der Waals surface area contributed by atoms with Crippen molar-refractivity contribution in [1.29, 1.82) is 0 Å². The Bertz CT molecular complexity index is 357. The Morgan fingerprint density at radius 3 is 2.22 bits per heavy atom. The molecule has 1 rings (SSSR count). The van der Waals surface area contributed by atoms with Crippen molar-refractivity contribution in [2.24, 2.45) is 0 Å². The van der Waals surface area contributed by atoms with Gasteiger partial charge < -0.3 is 19.1 Å². The molecule has 0 saturated heterocycles. The lowest BCUT2D eigenvalue weighted by molar-refractivity contribution is 0.189. The summed E-state index contributed by atoms with van der Waals surface area (Å²) in [7, 11) is 4.84. The lowest BCUT2D eigenvalue weighted by Crippen LogP contribution is -2.31. The molecular formula is C11H18ClN3O3. The average molecular weight is 276 g/mol. The van der Waals surface area contributed by atoms with Gasteiger partial charge in [0.1, 0.15) is 6.33 Å². The number of anilines is 1. The van der Waals surface area contributed by atoms with Crippen LogP contribution >= 0.6 is 11.6 Å².